The molecule has 112 valence electrons. The molecule has 0 amide bonds. The summed E-state index contributed by atoms with van der Waals surface area (Å²) in [7, 11) is 2.14. The van der Waals surface area contributed by atoms with Crippen molar-refractivity contribution in [1.29, 1.82) is 0 Å². The fourth-order valence-corrected chi connectivity index (χ4v) is 3.10. The molecule has 1 fully saturated rings. The van der Waals surface area contributed by atoms with Crippen LogP contribution < -0.4 is 10.2 Å². The Kier molecular flexibility index (Phi) is 5.35. The van der Waals surface area contributed by atoms with Crippen molar-refractivity contribution >= 4 is 5.95 Å². The van der Waals surface area contributed by atoms with Gasteiger partial charge in [-0.25, -0.2) is 9.97 Å². The summed E-state index contributed by atoms with van der Waals surface area (Å²) in [5.41, 5.74) is 2.28. The fraction of sp³-hybridized carbons (Fsp3) is 0.750. The molecule has 2 unspecified atom stereocenters. The molecule has 1 aromatic rings. The average Bonchev–Trinajstić information content (AvgIpc) is 2.46. The first-order valence-electron chi connectivity index (χ1n) is 7.89. The van der Waals surface area contributed by atoms with Gasteiger partial charge >= 0.3 is 0 Å². The minimum absolute atomic E-state index is 0.586. The number of nitrogens with one attached hydrogen (secondary N) is 1. The predicted molar refractivity (Wildman–Crippen MR) is 84.0 cm³/mol. The van der Waals surface area contributed by atoms with Crippen LogP contribution in [0.4, 0.5) is 5.95 Å². The van der Waals surface area contributed by atoms with Crippen LogP contribution in [0.25, 0.3) is 0 Å². The van der Waals surface area contributed by atoms with Crippen molar-refractivity contribution in [1.82, 2.24) is 15.3 Å². The third-order valence-electron chi connectivity index (χ3n) is 4.51. The molecule has 0 radical (unpaired) electrons. The zero-order chi connectivity index (χ0) is 14.5. The van der Waals surface area contributed by atoms with Crippen molar-refractivity contribution in [3.05, 3.63) is 17.5 Å². The van der Waals surface area contributed by atoms with Gasteiger partial charge in [0.2, 0.25) is 5.95 Å². The minimum Gasteiger partial charge on any atom is -0.341 e. The molecule has 0 bridgehead atoms. The Morgan fingerprint density at radius 1 is 1.35 bits per heavy atom. The van der Waals surface area contributed by atoms with E-state index in [0.29, 0.717) is 6.04 Å². The average molecular weight is 276 g/mol. The highest BCUT2D eigenvalue weighted by Crippen LogP contribution is 2.29. The lowest BCUT2D eigenvalue weighted by molar-refractivity contribution is 0.319. The Hall–Kier alpha value is -1.16. The van der Waals surface area contributed by atoms with E-state index in [1.54, 1.807) is 0 Å². The van der Waals surface area contributed by atoms with Crippen LogP contribution in [0.15, 0.2) is 6.20 Å². The molecular weight excluding hydrogens is 248 g/mol. The van der Waals surface area contributed by atoms with Crippen molar-refractivity contribution < 1.29 is 0 Å². The molecule has 2 atom stereocenters. The summed E-state index contributed by atoms with van der Waals surface area (Å²) in [6, 6.07) is 0.586. The number of hydrogen-bond acceptors (Lipinski definition) is 4. The summed E-state index contributed by atoms with van der Waals surface area (Å²) in [5.74, 6) is 1.61. The second kappa shape index (κ2) is 7.02. The number of aryl methyl sites for hydroxylation is 1. The van der Waals surface area contributed by atoms with Crippen molar-refractivity contribution in [3.8, 4) is 0 Å². The second-order valence-electron chi connectivity index (χ2n) is 6.00. The normalized spacial score (nSPS) is 22.8. The molecular formula is C16H28N4. The molecule has 2 rings (SSSR count). The quantitative estimate of drug-likeness (QED) is 0.898. The molecule has 1 aromatic heterocycles. The van der Waals surface area contributed by atoms with Crippen LogP contribution in [0.5, 0.6) is 0 Å². The van der Waals surface area contributed by atoms with E-state index < -0.39 is 0 Å². The van der Waals surface area contributed by atoms with E-state index in [1.165, 1.54) is 31.2 Å². The van der Waals surface area contributed by atoms with Crippen LogP contribution in [0.2, 0.25) is 0 Å². The van der Waals surface area contributed by atoms with Gasteiger partial charge in [-0.1, -0.05) is 26.7 Å². The Labute approximate surface area is 123 Å². The van der Waals surface area contributed by atoms with E-state index in [-0.39, 0.29) is 0 Å². The van der Waals surface area contributed by atoms with Crippen molar-refractivity contribution in [2.24, 2.45) is 5.92 Å². The third-order valence-corrected chi connectivity index (χ3v) is 4.51. The van der Waals surface area contributed by atoms with Gasteiger partial charge in [-0.05, 0) is 32.2 Å². The van der Waals surface area contributed by atoms with Crippen molar-refractivity contribution in [2.75, 3.05) is 18.5 Å². The topological polar surface area (TPSA) is 41.1 Å². The Balaban J connectivity index is 2.09. The summed E-state index contributed by atoms with van der Waals surface area (Å²) in [6.07, 6.45) is 7.26. The van der Waals surface area contributed by atoms with Crippen LogP contribution in [0.3, 0.4) is 0 Å². The van der Waals surface area contributed by atoms with E-state index in [1.807, 2.05) is 6.20 Å². The van der Waals surface area contributed by atoms with Crippen LogP contribution in [0, 0.1) is 12.8 Å². The predicted octanol–water partition coefficient (Wildman–Crippen LogP) is 2.91. The standard InChI is InChI=1S/C16H28N4/c1-5-17-10-14-11-18-16(19-13(14)3)20(4)15-9-7-6-8-12(15)2/h11-12,15,17H,5-10H2,1-4H3. The maximum Gasteiger partial charge on any atom is 0.225 e. The van der Waals surface area contributed by atoms with Gasteiger partial charge < -0.3 is 10.2 Å². The Bertz CT molecular complexity index is 432. The van der Waals surface area contributed by atoms with Gasteiger partial charge in [0, 0.05) is 37.1 Å². The second-order valence-corrected chi connectivity index (χ2v) is 6.00. The SMILES string of the molecule is CCNCc1cnc(N(C)C2CCCCC2C)nc1C. The molecule has 1 aliphatic carbocycles. The van der Waals surface area contributed by atoms with Crippen LogP contribution in [0.1, 0.15) is 50.8 Å². The van der Waals surface area contributed by atoms with E-state index in [9.17, 15) is 0 Å². The maximum absolute atomic E-state index is 4.71. The molecule has 1 N–H and O–H groups in total. The summed E-state index contributed by atoms with van der Waals surface area (Å²) in [6.45, 7) is 8.37. The van der Waals surface area contributed by atoms with Crippen LogP contribution in [-0.2, 0) is 6.54 Å². The molecule has 4 nitrogen and oxygen atoms in total. The fourth-order valence-electron chi connectivity index (χ4n) is 3.10. The molecule has 1 heterocycles. The van der Waals surface area contributed by atoms with Gasteiger partial charge in [-0.15, -0.1) is 0 Å². The van der Waals surface area contributed by atoms with Gasteiger partial charge in [0.1, 0.15) is 0 Å². The van der Waals surface area contributed by atoms with Crippen molar-refractivity contribution in [3.63, 3.8) is 0 Å². The Morgan fingerprint density at radius 3 is 2.75 bits per heavy atom. The molecule has 4 heteroatoms. The smallest absolute Gasteiger partial charge is 0.225 e. The van der Waals surface area contributed by atoms with Crippen LogP contribution >= 0.6 is 0 Å². The summed E-state index contributed by atoms with van der Waals surface area (Å²) in [4.78, 5) is 11.6. The van der Waals surface area contributed by atoms with E-state index in [2.05, 4.69) is 43.0 Å². The van der Waals surface area contributed by atoms with E-state index in [0.717, 1.165) is 30.6 Å². The minimum atomic E-state index is 0.586. The highest BCUT2D eigenvalue weighted by Gasteiger charge is 2.26. The first-order chi connectivity index (χ1) is 9.63. The maximum atomic E-state index is 4.71. The number of hydrogen-bond donors (Lipinski definition) is 1. The number of nitrogens with zero attached hydrogens (tertiary/aromatic N) is 3. The molecule has 0 saturated heterocycles. The van der Waals surface area contributed by atoms with E-state index in [4.69, 9.17) is 4.98 Å². The number of anilines is 1. The largest absolute Gasteiger partial charge is 0.341 e. The van der Waals surface area contributed by atoms with Gasteiger partial charge in [-0.3, -0.25) is 0 Å². The molecule has 0 spiro atoms. The van der Waals surface area contributed by atoms with Gasteiger partial charge in [0.05, 0.1) is 0 Å². The lowest BCUT2D eigenvalue weighted by Crippen LogP contribution is -2.40. The number of rotatable bonds is 5. The first kappa shape index (κ1) is 15.2. The molecule has 0 aromatic carbocycles. The monoisotopic (exact) mass is 276 g/mol. The van der Waals surface area contributed by atoms with E-state index >= 15 is 0 Å². The van der Waals surface area contributed by atoms with Gasteiger partial charge in [-0.2, -0.15) is 0 Å². The lowest BCUT2D eigenvalue weighted by atomic mass is 9.85. The summed E-state index contributed by atoms with van der Waals surface area (Å²) < 4.78 is 0. The summed E-state index contributed by atoms with van der Waals surface area (Å²) >= 11 is 0. The van der Waals surface area contributed by atoms with Gasteiger partial charge in [0.15, 0.2) is 0 Å². The van der Waals surface area contributed by atoms with Gasteiger partial charge in [0.25, 0.3) is 0 Å². The zero-order valence-corrected chi connectivity index (χ0v) is 13.3. The third kappa shape index (κ3) is 3.48. The summed E-state index contributed by atoms with van der Waals surface area (Å²) in [5, 5.41) is 3.33. The first-order valence-corrected chi connectivity index (χ1v) is 7.89. The lowest BCUT2D eigenvalue weighted by Gasteiger charge is -2.36. The van der Waals surface area contributed by atoms with Crippen LogP contribution in [-0.4, -0.2) is 29.6 Å². The van der Waals surface area contributed by atoms with Crippen molar-refractivity contribution in [2.45, 2.75) is 59.0 Å². The molecule has 20 heavy (non-hydrogen) atoms. The highest BCUT2D eigenvalue weighted by atomic mass is 15.3. The Morgan fingerprint density at radius 2 is 2.10 bits per heavy atom. The number of aromatic nitrogens is 2. The molecule has 1 aliphatic rings. The highest BCUT2D eigenvalue weighted by molar-refractivity contribution is 5.33. The molecule has 1 saturated carbocycles. The zero-order valence-electron chi connectivity index (χ0n) is 13.3. The molecule has 0 aliphatic heterocycles.